The first-order valence-corrected chi connectivity index (χ1v) is 5.41. The van der Waals surface area contributed by atoms with E-state index in [9.17, 15) is 5.11 Å². The lowest BCUT2D eigenvalue weighted by Gasteiger charge is -2.32. The Morgan fingerprint density at radius 2 is 1.64 bits per heavy atom. The van der Waals surface area contributed by atoms with Gasteiger partial charge in [-0.1, -0.05) is 51.1 Å². The summed E-state index contributed by atoms with van der Waals surface area (Å²) in [6, 6.07) is 10.2. The average molecular weight is 192 g/mol. The molecule has 1 nitrogen and oxygen atoms in total. The van der Waals surface area contributed by atoms with Crippen LogP contribution in [-0.2, 0) is 0 Å². The van der Waals surface area contributed by atoms with Crippen molar-refractivity contribution in [3.63, 3.8) is 0 Å². The first kappa shape index (κ1) is 11.3. The van der Waals surface area contributed by atoms with Gasteiger partial charge in [-0.2, -0.15) is 0 Å². The quantitative estimate of drug-likeness (QED) is 0.775. The molecule has 1 atom stereocenters. The zero-order valence-corrected chi connectivity index (χ0v) is 9.33. The molecule has 14 heavy (non-hydrogen) atoms. The number of hydrogen-bond donors (Lipinski definition) is 1. The van der Waals surface area contributed by atoms with Gasteiger partial charge in [-0.15, -0.1) is 0 Å². The summed E-state index contributed by atoms with van der Waals surface area (Å²) in [6.45, 7) is 6.19. The van der Waals surface area contributed by atoms with Crippen LogP contribution < -0.4 is 0 Å². The minimum atomic E-state index is -0.554. The van der Waals surface area contributed by atoms with Crippen molar-refractivity contribution in [3.05, 3.63) is 35.9 Å². The van der Waals surface area contributed by atoms with E-state index in [0.29, 0.717) is 0 Å². The van der Waals surface area contributed by atoms with Crippen molar-refractivity contribution in [1.82, 2.24) is 0 Å². The molecule has 1 aromatic rings. The summed E-state index contributed by atoms with van der Waals surface area (Å²) in [5.41, 5.74) is 0.667. The Bertz CT molecular complexity index is 262. The Morgan fingerprint density at radius 3 is 2.07 bits per heavy atom. The van der Waals surface area contributed by atoms with Gasteiger partial charge in [0.15, 0.2) is 0 Å². The van der Waals surface area contributed by atoms with E-state index in [1.807, 2.05) is 32.0 Å². The van der Waals surface area contributed by atoms with E-state index in [2.05, 4.69) is 19.1 Å². The number of aliphatic hydroxyl groups is 1. The van der Waals surface area contributed by atoms with Crippen LogP contribution in [0.1, 0.15) is 45.1 Å². The van der Waals surface area contributed by atoms with E-state index in [1.54, 1.807) is 0 Å². The minimum absolute atomic E-state index is 0.207. The fourth-order valence-corrected chi connectivity index (χ4v) is 1.91. The van der Waals surface area contributed by atoms with Crippen molar-refractivity contribution in [1.29, 1.82) is 0 Å². The molecule has 0 saturated heterocycles. The molecule has 78 valence electrons. The van der Waals surface area contributed by atoms with Gasteiger partial charge in [0.2, 0.25) is 0 Å². The molecule has 1 heteroatoms. The summed E-state index contributed by atoms with van der Waals surface area (Å²) in [4.78, 5) is 0. The number of rotatable bonds is 4. The van der Waals surface area contributed by atoms with Gasteiger partial charge in [0, 0.05) is 5.92 Å². The van der Waals surface area contributed by atoms with E-state index < -0.39 is 5.60 Å². The summed E-state index contributed by atoms with van der Waals surface area (Å²) in [5, 5.41) is 10.4. The van der Waals surface area contributed by atoms with Crippen LogP contribution in [-0.4, -0.2) is 10.7 Å². The molecule has 1 aromatic carbocycles. The van der Waals surface area contributed by atoms with E-state index in [1.165, 1.54) is 5.56 Å². The maximum absolute atomic E-state index is 10.4. The summed E-state index contributed by atoms with van der Waals surface area (Å²) in [6.07, 6.45) is 1.61. The van der Waals surface area contributed by atoms with Crippen molar-refractivity contribution < 1.29 is 5.11 Å². The molecule has 1 rings (SSSR count). The predicted molar refractivity (Wildman–Crippen MR) is 60.4 cm³/mol. The summed E-state index contributed by atoms with van der Waals surface area (Å²) in [7, 11) is 0. The fourth-order valence-electron chi connectivity index (χ4n) is 1.91. The lowest BCUT2D eigenvalue weighted by atomic mass is 9.80. The van der Waals surface area contributed by atoms with E-state index >= 15 is 0 Å². The van der Waals surface area contributed by atoms with Gasteiger partial charge in [0.05, 0.1) is 5.60 Å². The largest absolute Gasteiger partial charge is 0.389 e. The molecule has 1 unspecified atom stereocenters. The van der Waals surface area contributed by atoms with Crippen LogP contribution in [0.15, 0.2) is 30.3 Å². The third-order valence-electron chi connectivity index (χ3n) is 3.33. The third-order valence-corrected chi connectivity index (χ3v) is 3.33. The van der Waals surface area contributed by atoms with Crippen LogP contribution >= 0.6 is 0 Å². The molecule has 0 aliphatic rings. The zero-order valence-electron chi connectivity index (χ0n) is 9.33. The summed E-state index contributed by atoms with van der Waals surface area (Å²) >= 11 is 0. The van der Waals surface area contributed by atoms with E-state index in [4.69, 9.17) is 0 Å². The lowest BCUT2D eigenvalue weighted by molar-refractivity contribution is 0.00944. The molecule has 0 aliphatic heterocycles. The maximum Gasteiger partial charge on any atom is 0.0708 e. The van der Waals surface area contributed by atoms with Crippen LogP contribution in [0.3, 0.4) is 0 Å². The molecule has 0 bridgehead atoms. The standard InChI is InChI=1S/C13H20O/c1-4-13(14,5-2)11(3)12-9-7-6-8-10-12/h6-11,14H,4-5H2,1-3H3. The molecular weight excluding hydrogens is 172 g/mol. The van der Waals surface area contributed by atoms with Gasteiger partial charge in [-0.25, -0.2) is 0 Å². The van der Waals surface area contributed by atoms with Crippen molar-refractivity contribution in [3.8, 4) is 0 Å². The molecule has 0 radical (unpaired) electrons. The van der Waals surface area contributed by atoms with Crippen molar-refractivity contribution in [2.45, 2.75) is 45.1 Å². The SMILES string of the molecule is CCC(O)(CC)C(C)c1ccccc1. The van der Waals surface area contributed by atoms with Crippen LogP contribution in [0.25, 0.3) is 0 Å². The van der Waals surface area contributed by atoms with E-state index in [0.717, 1.165) is 12.8 Å². The number of benzene rings is 1. The molecular formula is C13H20O. The predicted octanol–water partition coefficient (Wildman–Crippen LogP) is 3.34. The fraction of sp³-hybridized carbons (Fsp3) is 0.538. The van der Waals surface area contributed by atoms with Crippen LogP contribution in [0.4, 0.5) is 0 Å². The second-order valence-corrected chi connectivity index (χ2v) is 3.94. The average Bonchev–Trinajstić information content (AvgIpc) is 2.28. The Hall–Kier alpha value is -0.820. The van der Waals surface area contributed by atoms with Crippen LogP contribution in [0.2, 0.25) is 0 Å². The third kappa shape index (κ3) is 2.16. The Balaban J connectivity index is 2.89. The molecule has 0 spiro atoms. The highest BCUT2D eigenvalue weighted by molar-refractivity contribution is 5.21. The van der Waals surface area contributed by atoms with E-state index in [-0.39, 0.29) is 5.92 Å². The van der Waals surface area contributed by atoms with Crippen LogP contribution in [0, 0.1) is 0 Å². The Labute approximate surface area is 86.8 Å². The van der Waals surface area contributed by atoms with Gasteiger partial charge >= 0.3 is 0 Å². The Kier molecular flexibility index (Phi) is 3.70. The highest BCUT2D eigenvalue weighted by atomic mass is 16.3. The second-order valence-electron chi connectivity index (χ2n) is 3.94. The highest BCUT2D eigenvalue weighted by Crippen LogP contribution is 2.32. The summed E-state index contributed by atoms with van der Waals surface area (Å²) < 4.78 is 0. The van der Waals surface area contributed by atoms with Crippen molar-refractivity contribution >= 4 is 0 Å². The number of hydrogen-bond acceptors (Lipinski definition) is 1. The highest BCUT2D eigenvalue weighted by Gasteiger charge is 2.30. The minimum Gasteiger partial charge on any atom is -0.389 e. The monoisotopic (exact) mass is 192 g/mol. The first-order chi connectivity index (χ1) is 6.64. The normalized spacial score (nSPS) is 14.0. The van der Waals surface area contributed by atoms with Gasteiger partial charge in [0.1, 0.15) is 0 Å². The maximum atomic E-state index is 10.4. The lowest BCUT2D eigenvalue weighted by Crippen LogP contribution is -2.33. The van der Waals surface area contributed by atoms with Gasteiger partial charge < -0.3 is 5.11 Å². The Morgan fingerprint density at radius 1 is 1.14 bits per heavy atom. The molecule has 0 saturated carbocycles. The van der Waals surface area contributed by atoms with Crippen molar-refractivity contribution in [2.75, 3.05) is 0 Å². The molecule has 0 heterocycles. The molecule has 1 N–H and O–H groups in total. The molecule has 0 fully saturated rings. The van der Waals surface area contributed by atoms with Crippen molar-refractivity contribution in [2.24, 2.45) is 0 Å². The smallest absolute Gasteiger partial charge is 0.0708 e. The van der Waals surface area contributed by atoms with Gasteiger partial charge in [-0.3, -0.25) is 0 Å². The molecule has 0 amide bonds. The zero-order chi connectivity index (χ0) is 10.6. The van der Waals surface area contributed by atoms with Gasteiger partial charge in [-0.05, 0) is 18.4 Å². The summed E-state index contributed by atoms with van der Waals surface area (Å²) in [5.74, 6) is 0.207. The van der Waals surface area contributed by atoms with Crippen LogP contribution in [0.5, 0.6) is 0 Å². The van der Waals surface area contributed by atoms with Gasteiger partial charge in [0.25, 0.3) is 0 Å². The molecule has 0 aromatic heterocycles. The first-order valence-electron chi connectivity index (χ1n) is 5.41. The second kappa shape index (κ2) is 4.61. The molecule has 0 aliphatic carbocycles. The topological polar surface area (TPSA) is 20.2 Å².